The van der Waals surface area contributed by atoms with Crippen molar-refractivity contribution < 1.29 is 19.4 Å². The van der Waals surface area contributed by atoms with Crippen LogP contribution in [0.1, 0.15) is 20.8 Å². The van der Waals surface area contributed by atoms with E-state index in [0.717, 1.165) is 0 Å². The van der Waals surface area contributed by atoms with Crippen LogP contribution in [0.2, 0.25) is 0 Å². The van der Waals surface area contributed by atoms with Crippen molar-refractivity contribution in [3.05, 3.63) is 0 Å². The van der Waals surface area contributed by atoms with Crippen LogP contribution >= 0.6 is 0 Å². The van der Waals surface area contributed by atoms with E-state index >= 15 is 0 Å². The maximum absolute atomic E-state index is 10.9. The maximum atomic E-state index is 10.9. The number of carboxylic acids is 1. The van der Waals surface area contributed by atoms with Crippen molar-refractivity contribution in [2.24, 2.45) is 0 Å². The summed E-state index contributed by atoms with van der Waals surface area (Å²) in [5, 5.41) is 11.3. The van der Waals surface area contributed by atoms with Gasteiger partial charge in [0.2, 0.25) is 5.91 Å². The van der Waals surface area contributed by atoms with Crippen molar-refractivity contribution in [3.8, 4) is 0 Å². The highest BCUT2D eigenvalue weighted by Gasteiger charge is 2.19. The number of nitrogens with one attached hydrogen (secondary N) is 1. The summed E-state index contributed by atoms with van der Waals surface area (Å²) in [6, 6.07) is -0.878. The number of amides is 1. The molecule has 0 aromatic rings. The van der Waals surface area contributed by atoms with Crippen LogP contribution in [0.3, 0.4) is 0 Å². The van der Waals surface area contributed by atoms with Gasteiger partial charge in [-0.05, 0) is 20.9 Å². The summed E-state index contributed by atoms with van der Waals surface area (Å²) in [6.07, 6.45) is 0.161. The fourth-order valence-electron chi connectivity index (χ4n) is 1.28. The van der Waals surface area contributed by atoms with Gasteiger partial charge in [-0.3, -0.25) is 4.79 Å². The Hall–Kier alpha value is -1.14. The molecule has 0 spiro atoms. The lowest BCUT2D eigenvalue weighted by Crippen LogP contribution is -2.47. The van der Waals surface area contributed by atoms with Crippen LogP contribution in [0, 0.1) is 0 Å². The molecule has 0 saturated carbocycles. The van der Waals surface area contributed by atoms with Crippen LogP contribution in [-0.2, 0) is 14.3 Å². The summed E-state index contributed by atoms with van der Waals surface area (Å²) >= 11 is 0. The van der Waals surface area contributed by atoms with Crippen LogP contribution in [0.25, 0.3) is 0 Å². The summed E-state index contributed by atoms with van der Waals surface area (Å²) in [7, 11) is 1.79. The number of hydrogen-bond donors (Lipinski definition) is 2. The summed E-state index contributed by atoms with van der Waals surface area (Å²) in [5.41, 5.74) is 0. The molecule has 0 fully saturated rings. The van der Waals surface area contributed by atoms with Crippen LogP contribution < -0.4 is 5.32 Å². The second-order valence-corrected chi connectivity index (χ2v) is 4.27. The lowest BCUT2D eigenvalue weighted by molar-refractivity contribution is -0.142. The van der Waals surface area contributed by atoms with E-state index in [1.165, 1.54) is 6.92 Å². The number of aliphatic carboxylic acids is 1. The number of likely N-dealkylation sites (N-methyl/N-ethyl adjacent to an activating group) is 1. The highest BCUT2D eigenvalue weighted by Crippen LogP contribution is 1.93. The Morgan fingerprint density at radius 3 is 2.41 bits per heavy atom. The van der Waals surface area contributed by atoms with E-state index in [4.69, 9.17) is 9.84 Å². The van der Waals surface area contributed by atoms with E-state index < -0.39 is 12.0 Å². The monoisotopic (exact) mass is 246 g/mol. The van der Waals surface area contributed by atoms with E-state index in [1.807, 2.05) is 18.7 Å². The van der Waals surface area contributed by atoms with Gasteiger partial charge in [-0.2, -0.15) is 0 Å². The SMILES string of the molecule is CC(=O)NC(CN(C)CCOC(C)C)C(=O)O. The van der Waals surface area contributed by atoms with Crippen LogP contribution in [0.4, 0.5) is 0 Å². The normalized spacial score (nSPS) is 12.8. The first-order valence-corrected chi connectivity index (χ1v) is 5.63. The number of hydrogen-bond acceptors (Lipinski definition) is 4. The molecule has 1 amide bonds. The smallest absolute Gasteiger partial charge is 0.327 e. The van der Waals surface area contributed by atoms with Gasteiger partial charge in [-0.15, -0.1) is 0 Å². The summed E-state index contributed by atoms with van der Waals surface area (Å²) in [4.78, 5) is 23.5. The second kappa shape index (κ2) is 8.03. The molecule has 0 rings (SSSR count). The van der Waals surface area contributed by atoms with Crippen molar-refractivity contribution in [1.29, 1.82) is 0 Å². The van der Waals surface area contributed by atoms with Gasteiger partial charge in [-0.1, -0.05) is 0 Å². The van der Waals surface area contributed by atoms with Gasteiger partial charge in [0.15, 0.2) is 0 Å². The Morgan fingerprint density at radius 1 is 1.41 bits per heavy atom. The molecule has 0 heterocycles. The fraction of sp³-hybridized carbons (Fsp3) is 0.818. The van der Waals surface area contributed by atoms with Gasteiger partial charge in [0.25, 0.3) is 0 Å². The third-order valence-electron chi connectivity index (χ3n) is 2.09. The summed E-state index contributed by atoms with van der Waals surface area (Å²) in [6.45, 7) is 6.62. The predicted octanol–water partition coefficient (Wildman–Crippen LogP) is -0.0675. The van der Waals surface area contributed by atoms with Crippen molar-refractivity contribution >= 4 is 11.9 Å². The zero-order valence-corrected chi connectivity index (χ0v) is 10.9. The first-order chi connectivity index (χ1) is 7.82. The average molecular weight is 246 g/mol. The molecule has 1 unspecified atom stereocenters. The van der Waals surface area contributed by atoms with E-state index in [-0.39, 0.29) is 18.6 Å². The fourth-order valence-corrected chi connectivity index (χ4v) is 1.28. The molecule has 0 saturated heterocycles. The molecule has 0 bridgehead atoms. The van der Waals surface area contributed by atoms with Crippen molar-refractivity contribution in [2.45, 2.75) is 32.9 Å². The van der Waals surface area contributed by atoms with Gasteiger partial charge < -0.3 is 20.1 Å². The molecule has 6 heteroatoms. The van der Waals surface area contributed by atoms with E-state index in [9.17, 15) is 9.59 Å². The zero-order valence-electron chi connectivity index (χ0n) is 10.9. The molecular formula is C11H22N2O4. The molecule has 0 aliphatic heterocycles. The molecule has 2 N–H and O–H groups in total. The Morgan fingerprint density at radius 2 is 2.00 bits per heavy atom. The van der Waals surface area contributed by atoms with Gasteiger partial charge >= 0.3 is 5.97 Å². The van der Waals surface area contributed by atoms with Crippen molar-refractivity contribution in [2.75, 3.05) is 26.7 Å². The molecule has 0 aromatic heterocycles. The third kappa shape index (κ3) is 8.65. The van der Waals surface area contributed by atoms with Crippen LogP contribution in [0.15, 0.2) is 0 Å². The second-order valence-electron chi connectivity index (χ2n) is 4.27. The van der Waals surface area contributed by atoms with E-state index in [0.29, 0.717) is 13.2 Å². The first-order valence-electron chi connectivity index (χ1n) is 5.63. The quantitative estimate of drug-likeness (QED) is 0.627. The molecule has 1 atom stereocenters. The summed E-state index contributed by atoms with van der Waals surface area (Å²) in [5.74, 6) is -1.37. The standard InChI is InChI=1S/C11H22N2O4/c1-8(2)17-6-5-13(4)7-10(11(15)16)12-9(3)14/h8,10H,5-7H2,1-4H3,(H,12,14)(H,15,16). The number of ether oxygens (including phenoxy) is 1. The van der Waals surface area contributed by atoms with Crippen LogP contribution in [0.5, 0.6) is 0 Å². The predicted molar refractivity (Wildman–Crippen MR) is 63.8 cm³/mol. The molecule has 6 nitrogen and oxygen atoms in total. The zero-order chi connectivity index (χ0) is 13.4. The lowest BCUT2D eigenvalue weighted by Gasteiger charge is -2.22. The number of carbonyl (C=O) groups is 2. The largest absolute Gasteiger partial charge is 0.480 e. The van der Waals surface area contributed by atoms with Gasteiger partial charge in [0.1, 0.15) is 6.04 Å². The molecule has 17 heavy (non-hydrogen) atoms. The van der Waals surface area contributed by atoms with Crippen molar-refractivity contribution in [1.82, 2.24) is 10.2 Å². The Labute approximate surface area is 102 Å². The topological polar surface area (TPSA) is 78.9 Å². The minimum Gasteiger partial charge on any atom is -0.480 e. The minimum absolute atomic E-state index is 0.161. The first kappa shape index (κ1) is 15.9. The van der Waals surface area contributed by atoms with E-state index in [1.54, 1.807) is 7.05 Å². The molecule has 0 aromatic carbocycles. The van der Waals surface area contributed by atoms with Gasteiger partial charge in [-0.25, -0.2) is 4.79 Å². The van der Waals surface area contributed by atoms with Gasteiger partial charge in [0, 0.05) is 20.0 Å². The third-order valence-corrected chi connectivity index (χ3v) is 2.09. The summed E-state index contributed by atoms with van der Waals surface area (Å²) < 4.78 is 5.36. The highest BCUT2D eigenvalue weighted by molar-refractivity contribution is 5.82. The minimum atomic E-state index is -1.03. The number of carbonyl (C=O) groups excluding carboxylic acids is 1. The Balaban J connectivity index is 3.99. The van der Waals surface area contributed by atoms with E-state index in [2.05, 4.69) is 5.32 Å². The molecule has 0 radical (unpaired) electrons. The van der Waals surface area contributed by atoms with Gasteiger partial charge in [0.05, 0.1) is 12.7 Å². The molecular weight excluding hydrogens is 224 g/mol. The average Bonchev–Trinajstić information content (AvgIpc) is 2.15. The lowest BCUT2D eigenvalue weighted by atomic mass is 10.2. The maximum Gasteiger partial charge on any atom is 0.327 e. The number of carboxylic acid groups (broad SMARTS) is 1. The Bertz CT molecular complexity index is 256. The Kier molecular flexibility index (Phi) is 7.49. The molecule has 0 aliphatic carbocycles. The molecule has 100 valence electrons. The number of rotatable bonds is 8. The highest BCUT2D eigenvalue weighted by atomic mass is 16.5. The van der Waals surface area contributed by atoms with Crippen LogP contribution in [-0.4, -0.2) is 60.8 Å². The molecule has 0 aliphatic rings. The van der Waals surface area contributed by atoms with Crippen molar-refractivity contribution in [3.63, 3.8) is 0 Å². The number of nitrogens with zero attached hydrogens (tertiary/aromatic N) is 1.